The molecule has 2 rings (SSSR count). The Balaban J connectivity index is 2.48. The van der Waals surface area contributed by atoms with Crippen LogP contribution in [-0.4, -0.2) is 10.3 Å². The SMILES string of the molecule is CCC(CS)Cn1ccc(=O)c2ccccc21. The molecule has 0 aliphatic rings. The molecule has 17 heavy (non-hydrogen) atoms. The quantitative estimate of drug-likeness (QED) is 0.824. The zero-order valence-corrected chi connectivity index (χ0v) is 10.9. The monoisotopic (exact) mass is 247 g/mol. The summed E-state index contributed by atoms with van der Waals surface area (Å²) in [6.45, 7) is 3.09. The molecule has 0 N–H and O–H groups in total. The lowest BCUT2D eigenvalue weighted by molar-refractivity contribution is 0.484. The Morgan fingerprint density at radius 1 is 1.29 bits per heavy atom. The Kier molecular flexibility index (Phi) is 3.89. The third-order valence-electron chi connectivity index (χ3n) is 3.18. The van der Waals surface area contributed by atoms with Gasteiger partial charge in [-0.15, -0.1) is 0 Å². The Labute approximate surface area is 107 Å². The molecule has 1 atom stereocenters. The molecule has 1 aromatic heterocycles. The summed E-state index contributed by atoms with van der Waals surface area (Å²) in [5, 5.41) is 0.795. The van der Waals surface area contributed by atoms with Crippen molar-refractivity contribution >= 4 is 23.5 Å². The molecule has 2 aromatic rings. The van der Waals surface area contributed by atoms with Crippen LogP contribution in [0.2, 0.25) is 0 Å². The predicted molar refractivity (Wildman–Crippen MR) is 75.8 cm³/mol. The molecule has 0 fully saturated rings. The zero-order chi connectivity index (χ0) is 12.3. The Morgan fingerprint density at radius 2 is 2.06 bits per heavy atom. The van der Waals surface area contributed by atoms with E-state index in [1.807, 2.05) is 30.5 Å². The number of benzene rings is 1. The molecule has 0 saturated carbocycles. The van der Waals surface area contributed by atoms with Crippen molar-refractivity contribution in [3.05, 3.63) is 46.8 Å². The maximum Gasteiger partial charge on any atom is 0.189 e. The van der Waals surface area contributed by atoms with Crippen molar-refractivity contribution in [2.75, 3.05) is 5.75 Å². The van der Waals surface area contributed by atoms with Gasteiger partial charge in [-0.1, -0.05) is 25.5 Å². The van der Waals surface area contributed by atoms with E-state index in [2.05, 4.69) is 24.1 Å². The zero-order valence-electron chi connectivity index (χ0n) is 9.97. The van der Waals surface area contributed by atoms with Crippen LogP contribution in [0.15, 0.2) is 41.3 Å². The summed E-state index contributed by atoms with van der Waals surface area (Å²) in [4.78, 5) is 11.7. The van der Waals surface area contributed by atoms with Crippen molar-refractivity contribution in [2.24, 2.45) is 5.92 Å². The highest BCUT2D eigenvalue weighted by Gasteiger charge is 2.07. The van der Waals surface area contributed by atoms with E-state index in [0.717, 1.165) is 29.6 Å². The molecule has 0 amide bonds. The second kappa shape index (κ2) is 5.41. The van der Waals surface area contributed by atoms with Crippen LogP contribution in [-0.2, 0) is 6.54 Å². The van der Waals surface area contributed by atoms with Crippen LogP contribution < -0.4 is 5.43 Å². The van der Waals surface area contributed by atoms with Crippen LogP contribution in [0, 0.1) is 5.92 Å². The number of para-hydroxylation sites is 1. The molecule has 0 spiro atoms. The van der Waals surface area contributed by atoms with Gasteiger partial charge in [-0.3, -0.25) is 4.79 Å². The van der Waals surface area contributed by atoms with Gasteiger partial charge in [0.25, 0.3) is 0 Å². The maximum absolute atomic E-state index is 11.7. The van der Waals surface area contributed by atoms with E-state index in [9.17, 15) is 4.79 Å². The van der Waals surface area contributed by atoms with E-state index in [-0.39, 0.29) is 5.43 Å². The first-order valence-electron chi connectivity index (χ1n) is 5.95. The van der Waals surface area contributed by atoms with Gasteiger partial charge in [-0.05, 0) is 23.8 Å². The minimum atomic E-state index is 0.0933. The Morgan fingerprint density at radius 3 is 2.76 bits per heavy atom. The summed E-state index contributed by atoms with van der Waals surface area (Å²) in [5.41, 5.74) is 1.11. The molecule has 3 heteroatoms. The lowest BCUT2D eigenvalue weighted by atomic mass is 10.1. The molecule has 0 aliphatic carbocycles. The predicted octanol–water partition coefficient (Wildman–Crippen LogP) is 2.96. The van der Waals surface area contributed by atoms with Crippen LogP contribution in [0.3, 0.4) is 0 Å². The Bertz CT molecular complexity index is 557. The maximum atomic E-state index is 11.7. The van der Waals surface area contributed by atoms with Gasteiger partial charge in [-0.25, -0.2) is 0 Å². The number of pyridine rings is 1. The molecule has 1 aromatic carbocycles. The van der Waals surface area contributed by atoms with Gasteiger partial charge in [0.15, 0.2) is 5.43 Å². The van der Waals surface area contributed by atoms with Crippen molar-refractivity contribution in [2.45, 2.75) is 19.9 Å². The number of nitrogens with zero attached hydrogens (tertiary/aromatic N) is 1. The molecule has 0 bridgehead atoms. The standard InChI is InChI=1S/C14H17NOS/c1-2-11(10-17)9-15-8-7-14(16)12-5-3-4-6-13(12)15/h3-8,11,17H,2,9-10H2,1H3. The highest BCUT2D eigenvalue weighted by Crippen LogP contribution is 2.14. The highest BCUT2D eigenvalue weighted by atomic mass is 32.1. The van der Waals surface area contributed by atoms with Crippen molar-refractivity contribution in [3.63, 3.8) is 0 Å². The number of rotatable bonds is 4. The number of hydrogen-bond acceptors (Lipinski definition) is 2. The van der Waals surface area contributed by atoms with Gasteiger partial charge in [0.05, 0.1) is 5.52 Å². The normalized spacial score (nSPS) is 12.8. The highest BCUT2D eigenvalue weighted by molar-refractivity contribution is 7.80. The number of hydrogen-bond donors (Lipinski definition) is 1. The summed E-state index contributed by atoms with van der Waals surface area (Å²) in [5.74, 6) is 1.42. The van der Waals surface area contributed by atoms with E-state index in [1.165, 1.54) is 0 Å². The number of aromatic nitrogens is 1. The average Bonchev–Trinajstić information content (AvgIpc) is 2.38. The van der Waals surface area contributed by atoms with E-state index >= 15 is 0 Å². The molecule has 90 valence electrons. The average molecular weight is 247 g/mol. The van der Waals surface area contributed by atoms with E-state index in [4.69, 9.17) is 0 Å². The van der Waals surface area contributed by atoms with E-state index in [1.54, 1.807) is 6.07 Å². The molecular formula is C14H17NOS. The molecule has 0 aliphatic heterocycles. The summed E-state index contributed by atoms with van der Waals surface area (Å²) in [7, 11) is 0. The first-order chi connectivity index (χ1) is 8.26. The van der Waals surface area contributed by atoms with Gasteiger partial charge in [-0.2, -0.15) is 12.6 Å². The fourth-order valence-electron chi connectivity index (χ4n) is 2.01. The molecule has 0 saturated heterocycles. The fourth-order valence-corrected chi connectivity index (χ4v) is 2.39. The fraction of sp³-hybridized carbons (Fsp3) is 0.357. The minimum Gasteiger partial charge on any atom is -0.347 e. The molecule has 2 nitrogen and oxygen atoms in total. The van der Waals surface area contributed by atoms with Crippen LogP contribution in [0.1, 0.15) is 13.3 Å². The largest absolute Gasteiger partial charge is 0.347 e. The number of fused-ring (bicyclic) bond motifs is 1. The second-order valence-corrected chi connectivity index (χ2v) is 4.67. The van der Waals surface area contributed by atoms with Crippen molar-refractivity contribution in [1.82, 2.24) is 4.57 Å². The lowest BCUT2D eigenvalue weighted by Crippen LogP contribution is -2.14. The first kappa shape index (κ1) is 12.2. The summed E-state index contributed by atoms with van der Waals surface area (Å²) in [6.07, 6.45) is 2.99. The van der Waals surface area contributed by atoms with Crippen LogP contribution in [0.25, 0.3) is 10.9 Å². The van der Waals surface area contributed by atoms with Crippen molar-refractivity contribution in [3.8, 4) is 0 Å². The molecule has 1 unspecified atom stereocenters. The van der Waals surface area contributed by atoms with Crippen LogP contribution >= 0.6 is 12.6 Å². The van der Waals surface area contributed by atoms with Gasteiger partial charge in [0.2, 0.25) is 0 Å². The van der Waals surface area contributed by atoms with Gasteiger partial charge >= 0.3 is 0 Å². The minimum absolute atomic E-state index is 0.0933. The van der Waals surface area contributed by atoms with E-state index in [0.29, 0.717) is 5.92 Å². The Hall–Kier alpha value is -1.22. The smallest absolute Gasteiger partial charge is 0.189 e. The third kappa shape index (κ3) is 2.55. The van der Waals surface area contributed by atoms with Crippen LogP contribution in [0.5, 0.6) is 0 Å². The van der Waals surface area contributed by atoms with Crippen molar-refractivity contribution < 1.29 is 0 Å². The summed E-state index contributed by atoms with van der Waals surface area (Å²) in [6, 6.07) is 9.41. The first-order valence-corrected chi connectivity index (χ1v) is 6.58. The molecular weight excluding hydrogens is 230 g/mol. The van der Waals surface area contributed by atoms with E-state index < -0.39 is 0 Å². The lowest BCUT2D eigenvalue weighted by Gasteiger charge is -2.16. The topological polar surface area (TPSA) is 22.0 Å². The second-order valence-electron chi connectivity index (χ2n) is 4.31. The van der Waals surface area contributed by atoms with Gasteiger partial charge in [0, 0.05) is 24.2 Å². The third-order valence-corrected chi connectivity index (χ3v) is 3.69. The molecule has 0 radical (unpaired) electrons. The van der Waals surface area contributed by atoms with Gasteiger partial charge in [0.1, 0.15) is 0 Å². The molecule has 1 heterocycles. The van der Waals surface area contributed by atoms with Crippen molar-refractivity contribution in [1.29, 1.82) is 0 Å². The summed E-state index contributed by atoms with van der Waals surface area (Å²) < 4.78 is 2.15. The van der Waals surface area contributed by atoms with Crippen LogP contribution in [0.4, 0.5) is 0 Å². The number of thiol groups is 1. The summed E-state index contributed by atoms with van der Waals surface area (Å²) >= 11 is 4.37. The van der Waals surface area contributed by atoms with Gasteiger partial charge < -0.3 is 4.57 Å².